The van der Waals surface area contributed by atoms with Crippen LogP contribution in [0.4, 0.5) is 4.39 Å². The van der Waals surface area contributed by atoms with Crippen LogP contribution in [0.5, 0.6) is 0 Å². The SMILES string of the molecule is O=C(NCCc1cccs1)C1(c2cccc(F)c2)CCOCC1. The van der Waals surface area contributed by atoms with Crippen LogP contribution in [0.1, 0.15) is 23.3 Å². The maximum Gasteiger partial charge on any atom is 0.230 e. The van der Waals surface area contributed by atoms with E-state index in [-0.39, 0.29) is 11.7 Å². The Hall–Kier alpha value is -1.72. The normalized spacial score (nSPS) is 16.9. The van der Waals surface area contributed by atoms with Crippen LogP contribution in [0.2, 0.25) is 0 Å². The van der Waals surface area contributed by atoms with Crippen LogP contribution in [-0.2, 0) is 21.4 Å². The topological polar surface area (TPSA) is 38.3 Å². The van der Waals surface area contributed by atoms with Gasteiger partial charge in [0.25, 0.3) is 0 Å². The number of halogens is 1. The molecule has 0 atom stereocenters. The van der Waals surface area contributed by atoms with E-state index in [4.69, 9.17) is 4.74 Å². The Labute approximate surface area is 139 Å². The monoisotopic (exact) mass is 333 g/mol. The molecule has 0 spiro atoms. The molecule has 1 amide bonds. The number of rotatable bonds is 5. The molecule has 1 fully saturated rings. The third kappa shape index (κ3) is 3.62. The van der Waals surface area contributed by atoms with Crippen molar-refractivity contribution in [2.45, 2.75) is 24.7 Å². The second kappa shape index (κ2) is 7.23. The number of carbonyl (C=O) groups excluding carboxylic acids is 1. The highest BCUT2D eigenvalue weighted by Crippen LogP contribution is 2.35. The molecule has 1 aliphatic heterocycles. The largest absolute Gasteiger partial charge is 0.381 e. The van der Waals surface area contributed by atoms with Crippen LogP contribution in [-0.4, -0.2) is 25.7 Å². The first-order valence-electron chi connectivity index (χ1n) is 7.85. The zero-order valence-corrected chi connectivity index (χ0v) is 13.7. The lowest BCUT2D eigenvalue weighted by atomic mass is 9.73. The summed E-state index contributed by atoms with van der Waals surface area (Å²) in [5.41, 5.74) is 0.0601. The Balaban J connectivity index is 1.74. The highest BCUT2D eigenvalue weighted by molar-refractivity contribution is 7.09. The molecule has 0 aliphatic carbocycles. The summed E-state index contributed by atoms with van der Waals surface area (Å²) >= 11 is 1.69. The van der Waals surface area contributed by atoms with Crippen molar-refractivity contribution in [1.29, 1.82) is 0 Å². The van der Waals surface area contributed by atoms with E-state index < -0.39 is 5.41 Å². The van der Waals surface area contributed by atoms with Gasteiger partial charge in [-0.3, -0.25) is 4.79 Å². The summed E-state index contributed by atoms with van der Waals surface area (Å²) in [5, 5.41) is 5.07. The summed E-state index contributed by atoms with van der Waals surface area (Å²) < 4.78 is 19.0. The van der Waals surface area contributed by atoms with Gasteiger partial charge in [0.1, 0.15) is 5.82 Å². The first-order chi connectivity index (χ1) is 11.2. The van der Waals surface area contributed by atoms with Crippen LogP contribution in [0.25, 0.3) is 0 Å². The van der Waals surface area contributed by atoms with Gasteiger partial charge >= 0.3 is 0 Å². The Bertz CT molecular complexity index is 651. The van der Waals surface area contributed by atoms with Gasteiger partial charge in [-0.1, -0.05) is 18.2 Å². The summed E-state index contributed by atoms with van der Waals surface area (Å²) in [5.74, 6) is -0.331. The van der Waals surface area contributed by atoms with Gasteiger partial charge in [0.15, 0.2) is 0 Å². The van der Waals surface area contributed by atoms with E-state index in [0.717, 1.165) is 12.0 Å². The molecule has 0 bridgehead atoms. The summed E-state index contributed by atoms with van der Waals surface area (Å²) in [4.78, 5) is 14.1. The zero-order valence-electron chi connectivity index (χ0n) is 12.9. The van der Waals surface area contributed by atoms with Gasteiger partial charge in [0, 0.05) is 24.6 Å². The van der Waals surface area contributed by atoms with Crippen molar-refractivity contribution >= 4 is 17.2 Å². The molecular formula is C18H20FNO2S. The lowest BCUT2D eigenvalue weighted by Gasteiger charge is -2.36. The van der Waals surface area contributed by atoms with Crippen LogP contribution >= 0.6 is 11.3 Å². The van der Waals surface area contributed by atoms with Crippen molar-refractivity contribution < 1.29 is 13.9 Å². The molecule has 2 heterocycles. The second-order valence-electron chi connectivity index (χ2n) is 5.79. The Morgan fingerprint density at radius 3 is 2.78 bits per heavy atom. The quantitative estimate of drug-likeness (QED) is 0.912. The molecule has 122 valence electrons. The predicted molar refractivity (Wildman–Crippen MR) is 89.2 cm³/mol. The minimum absolute atomic E-state index is 0.0250. The number of hydrogen-bond acceptors (Lipinski definition) is 3. The molecule has 5 heteroatoms. The maximum absolute atomic E-state index is 13.6. The molecule has 1 saturated heterocycles. The lowest BCUT2D eigenvalue weighted by molar-refractivity contribution is -0.130. The van der Waals surface area contributed by atoms with Gasteiger partial charge < -0.3 is 10.1 Å². The summed E-state index contributed by atoms with van der Waals surface area (Å²) in [6.45, 7) is 1.64. The zero-order chi connectivity index (χ0) is 16.1. The molecule has 1 aromatic carbocycles. The number of ether oxygens (including phenoxy) is 1. The summed E-state index contributed by atoms with van der Waals surface area (Å²) in [7, 11) is 0. The van der Waals surface area contributed by atoms with E-state index in [2.05, 4.69) is 11.4 Å². The number of carbonyl (C=O) groups is 1. The molecule has 0 saturated carbocycles. The van der Waals surface area contributed by atoms with Crippen molar-refractivity contribution in [3.05, 3.63) is 58.0 Å². The molecule has 1 N–H and O–H groups in total. The van der Waals surface area contributed by atoms with Gasteiger partial charge in [-0.05, 0) is 48.4 Å². The molecule has 3 nitrogen and oxygen atoms in total. The average Bonchev–Trinajstić information content (AvgIpc) is 3.09. The van der Waals surface area contributed by atoms with Crippen molar-refractivity contribution in [3.63, 3.8) is 0 Å². The molecule has 3 rings (SSSR count). The maximum atomic E-state index is 13.6. The first-order valence-corrected chi connectivity index (χ1v) is 8.73. The Morgan fingerprint density at radius 1 is 1.26 bits per heavy atom. The van der Waals surface area contributed by atoms with E-state index in [1.54, 1.807) is 17.4 Å². The van der Waals surface area contributed by atoms with Gasteiger partial charge in [-0.15, -0.1) is 11.3 Å². The molecule has 23 heavy (non-hydrogen) atoms. The third-order valence-electron chi connectivity index (χ3n) is 4.40. The highest BCUT2D eigenvalue weighted by Gasteiger charge is 2.41. The fraction of sp³-hybridized carbons (Fsp3) is 0.389. The number of amides is 1. The van der Waals surface area contributed by atoms with Crippen LogP contribution < -0.4 is 5.32 Å². The number of thiophene rings is 1. The predicted octanol–water partition coefficient (Wildman–Crippen LogP) is 3.29. The Morgan fingerprint density at radius 2 is 2.09 bits per heavy atom. The highest BCUT2D eigenvalue weighted by atomic mass is 32.1. The first kappa shape index (κ1) is 16.1. The summed E-state index contributed by atoms with van der Waals surface area (Å²) in [6.07, 6.45) is 1.99. The van der Waals surface area contributed by atoms with Crippen molar-refractivity contribution in [2.24, 2.45) is 0 Å². The van der Waals surface area contributed by atoms with Crippen LogP contribution in [0.15, 0.2) is 41.8 Å². The van der Waals surface area contributed by atoms with Gasteiger partial charge in [-0.2, -0.15) is 0 Å². The van der Waals surface area contributed by atoms with Crippen molar-refractivity contribution in [1.82, 2.24) is 5.32 Å². The fourth-order valence-corrected chi connectivity index (χ4v) is 3.79. The Kier molecular flexibility index (Phi) is 5.08. The standard InChI is InChI=1S/C18H20FNO2S/c19-15-4-1-3-14(13-15)18(7-10-22-11-8-18)17(21)20-9-6-16-5-2-12-23-16/h1-5,12-13H,6-11H2,(H,20,21). The van der Waals surface area contributed by atoms with E-state index in [1.165, 1.54) is 17.0 Å². The smallest absolute Gasteiger partial charge is 0.230 e. The minimum atomic E-state index is -0.685. The average molecular weight is 333 g/mol. The van der Waals surface area contributed by atoms with Crippen LogP contribution in [0, 0.1) is 5.82 Å². The van der Waals surface area contributed by atoms with Gasteiger partial charge in [-0.25, -0.2) is 4.39 Å². The molecule has 1 aliphatic rings. The van der Waals surface area contributed by atoms with E-state index >= 15 is 0 Å². The molecular weight excluding hydrogens is 313 g/mol. The van der Waals surface area contributed by atoms with Crippen molar-refractivity contribution in [3.8, 4) is 0 Å². The second-order valence-corrected chi connectivity index (χ2v) is 6.82. The number of nitrogens with one attached hydrogen (secondary N) is 1. The fourth-order valence-electron chi connectivity index (χ4n) is 3.08. The van der Waals surface area contributed by atoms with Gasteiger partial charge in [0.2, 0.25) is 5.91 Å². The lowest BCUT2D eigenvalue weighted by Crippen LogP contribution is -2.48. The van der Waals surface area contributed by atoms with Crippen molar-refractivity contribution in [2.75, 3.05) is 19.8 Å². The third-order valence-corrected chi connectivity index (χ3v) is 5.33. The number of benzene rings is 1. The molecule has 2 aromatic rings. The van der Waals surface area contributed by atoms with Crippen LogP contribution in [0.3, 0.4) is 0 Å². The van der Waals surface area contributed by atoms with E-state index in [1.807, 2.05) is 17.5 Å². The molecule has 0 unspecified atom stereocenters. The minimum Gasteiger partial charge on any atom is -0.381 e. The number of hydrogen-bond donors (Lipinski definition) is 1. The molecule has 1 aromatic heterocycles. The van der Waals surface area contributed by atoms with Gasteiger partial charge in [0.05, 0.1) is 5.41 Å². The van der Waals surface area contributed by atoms with E-state index in [9.17, 15) is 9.18 Å². The summed E-state index contributed by atoms with van der Waals surface area (Å²) in [6, 6.07) is 10.5. The molecule has 0 radical (unpaired) electrons. The van der Waals surface area contributed by atoms with E-state index in [0.29, 0.717) is 32.6 Å².